The molecule has 3 atom stereocenters. The molecule has 0 aliphatic heterocycles. The van der Waals surface area contributed by atoms with Crippen LogP contribution in [0.15, 0.2) is 12.2 Å². The molecule has 0 aromatic heterocycles. The molecular weight excluding hydrogens is 136 g/mol. The van der Waals surface area contributed by atoms with E-state index in [2.05, 4.69) is 20.4 Å². The number of fused-ring (bicyclic) bond motifs is 1. The number of allylic oxidation sites excluding steroid dienone is 1. The van der Waals surface area contributed by atoms with Gasteiger partial charge in [-0.3, -0.25) is 4.79 Å². The van der Waals surface area contributed by atoms with Gasteiger partial charge in [-0.05, 0) is 19.3 Å². The van der Waals surface area contributed by atoms with Crippen molar-refractivity contribution < 1.29 is 4.79 Å². The van der Waals surface area contributed by atoms with Gasteiger partial charge in [0.25, 0.3) is 0 Å². The fourth-order valence-electron chi connectivity index (χ4n) is 2.53. The number of carbonyl (C=O) groups excluding carboxylic acids is 1. The standard InChI is InChI=1S/C10H14O/c1-6(2)10-4-8(10)7(3)9(11)5-10/h7-8H,1,4-5H2,2-3H3/t7-,8?,10+/m1/s1. The molecule has 2 aliphatic rings. The fraction of sp³-hybridized carbons (Fsp3) is 0.700. The molecular formula is C10H14O. The van der Waals surface area contributed by atoms with Gasteiger partial charge in [-0.25, -0.2) is 0 Å². The maximum atomic E-state index is 11.3. The largest absolute Gasteiger partial charge is 0.299 e. The van der Waals surface area contributed by atoms with Crippen LogP contribution >= 0.6 is 0 Å². The molecule has 0 saturated heterocycles. The Balaban J connectivity index is 2.26. The van der Waals surface area contributed by atoms with Gasteiger partial charge >= 0.3 is 0 Å². The quantitative estimate of drug-likeness (QED) is 0.523. The second kappa shape index (κ2) is 1.77. The van der Waals surface area contributed by atoms with Crippen LogP contribution in [0.1, 0.15) is 26.7 Å². The van der Waals surface area contributed by atoms with Crippen molar-refractivity contribution >= 4 is 5.78 Å². The van der Waals surface area contributed by atoms with Crippen LogP contribution in [0.2, 0.25) is 0 Å². The Morgan fingerprint density at radius 2 is 2.36 bits per heavy atom. The maximum Gasteiger partial charge on any atom is 0.136 e. The summed E-state index contributed by atoms with van der Waals surface area (Å²) in [6.45, 7) is 8.09. The third kappa shape index (κ3) is 0.688. The molecule has 60 valence electrons. The lowest BCUT2D eigenvalue weighted by molar-refractivity contribution is -0.121. The molecule has 1 nitrogen and oxygen atoms in total. The second-order valence-electron chi connectivity index (χ2n) is 4.18. The highest BCUT2D eigenvalue weighted by Gasteiger charge is 2.63. The molecule has 0 heterocycles. The molecule has 2 rings (SSSR count). The molecule has 1 heteroatoms. The maximum absolute atomic E-state index is 11.3. The molecule has 0 amide bonds. The van der Waals surface area contributed by atoms with Crippen LogP contribution in [-0.2, 0) is 4.79 Å². The van der Waals surface area contributed by atoms with Gasteiger partial charge in [-0.1, -0.05) is 19.1 Å². The highest BCUT2D eigenvalue weighted by Crippen LogP contribution is 2.67. The second-order valence-corrected chi connectivity index (χ2v) is 4.18. The Morgan fingerprint density at radius 3 is 2.64 bits per heavy atom. The van der Waals surface area contributed by atoms with E-state index in [-0.39, 0.29) is 5.41 Å². The molecule has 0 N–H and O–H groups in total. The lowest BCUT2D eigenvalue weighted by Crippen LogP contribution is -2.06. The molecule has 11 heavy (non-hydrogen) atoms. The zero-order chi connectivity index (χ0) is 8.22. The lowest BCUT2D eigenvalue weighted by Gasteiger charge is -2.08. The van der Waals surface area contributed by atoms with Crippen molar-refractivity contribution in [3.8, 4) is 0 Å². The summed E-state index contributed by atoms with van der Waals surface area (Å²) in [4.78, 5) is 11.3. The van der Waals surface area contributed by atoms with Gasteiger partial charge in [0.1, 0.15) is 5.78 Å². The molecule has 2 saturated carbocycles. The van der Waals surface area contributed by atoms with E-state index in [0.29, 0.717) is 17.6 Å². The van der Waals surface area contributed by atoms with Crippen LogP contribution in [-0.4, -0.2) is 5.78 Å². The third-order valence-corrected chi connectivity index (χ3v) is 3.58. The van der Waals surface area contributed by atoms with Crippen molar-refractivity contribution in [1.29, 1.82) is 0 Å². The predicted molar refractivity (Wildman–Crippen MR) is 44.1 cm³/mol. The Labute approximate surface area is 67.5 Å². The number of hydrogen-bond acceptors (Lipinski definition) is 1. The van der Waals surface area contributed by atoms with E-state index in [1.807, 2.05) is 0 Å². The van der Waals surface area contributed by atoms with Crippen molar-refractivity contribution in [1.82, 2.24) is 0 Å². The Bertz CT molecular complexity index is 239. The fourth-order valence-corrected chi connectivity index (χ4v) is 2.53. The normalized spacial score (nSPS) is 47.3. The summed E-state index contributed by atoms with van der Waals surface area (Å²) in [6.07, 6.45) is 1.99. The van der Waals surface area contributed by atoms with Crippen LogP contribution in [0.4, 0.5) is 0 Å². The average Bonchev–Trinajstić information content (AvgIpc) is 2.57. The van der Waals surface area contributed by atoms with Gasteiger partial charge in [0, 0.05) is 17.8 Å². The van der Waals surface area contributed by atoms with Crippen molar-refractivity contribution in [2.75, 3.05) is 0 Å². The number of Topliss-reactive ketones (excluding diaryl/α,β-unsaturated/α-hetero) is 1. The minimum Gasteiger partial charge on any atom is -0.299 e. The smallest absolute Gasteiger partial charge is 0.136 e. The van der Waals surface area contributed by atoms with E-state index in [0.717, 1.165) is 6.42 Å². The third-order valence-electron chi connectivity index (χ3n) is 3.58. The minimum absolute atomic E-state index is 0.260. The molecule has 0 radical (unpaired) electrons. The Kier molecular flexibility index (Phi) is 1.14. The summed E-state index contributed by atoms with van der Waals surface area (Å²) in [5.74, 6) is 1.41. The number of rotatable bonds is 1. The Hall–Kier alpha value is -0.590. The summed E-state index contributed by atoms with van der Waals surface area (Å²) >= 11 is 0. The van der Waals surface area contributed by atoms with Gasteiger partial charge in [0.2, 0.25) is 0 Å². The van der Waals surface area contributed by atoms with Crippen LogP contribution in [0.3, 0.4) is 0 Å². The lowest BCUT2D eigenvalue weighted by atomic mass is 9.96. The first kappa shape index (κ1) is 7.08. The van der Waals surface area contributed by atoms with Crippen LogP contribution in [0.25, 0.3) is 0 Å². The van der Waals surface area contributed by atoms with Crippen LogP contribution < -0.4 is 0 Å². The predicted octanol–water partition coefficient (Wildman–Crippen LogP) is 2.18. The molecule has 0 bridgehead atoms. The van der Waals surface area contributed by atoms with Gasteiger partial charge < -0.3 is 0 Å². The van der Waals surface area contributed by atoms with Crippen molar-refractivity contribution in [3.63, 3.8) is 0 Å². The highest BCUT2D eigenvalue weighted by atomic mass is 16.1. The molecule has 0 aromatic carbocycles. The molecule has 0 aromatic rings. The van der Waals surface area contributed by atoms with E-state index in [4.69, 9.17) is 0 Å². The van der Waals surface area contributed by atoms with Gasteiger partial charge in [-0.2, -0.15) is 0 Å². The molecule has 2 aliphatic carbocycles. The average molecular weight is 150 g/mol. The summed E-state index contributed by atoms with van der Waals surface area (Å²) in [7, 11) is 0. The number of carbonyl (C=O) groups is 1. The zero-order valence-corrected chi connectivity index (χ0v) is 7.18. The summed E-state index contributed by atoms with van der Waals surface area (Å²) in [5, 5.41) is 0. The molecule has 0 spiro atoms. The van der Waals surface area contributed by atoms with E-state index in [9.17, 15) is 4.79 Å². The van der Waals surface area contributed by atoms with E-state index < -0.39 is 0 Å². The van der Waals surface area contributed by atoms with Gasteiger partial charge in [0.05, 0.1) is 0 Å². The highest BCUT2D eigenvalue weighted by molar-refractivity contribution is 5.87. The molecule has 2 fully saturated rings. The van der Waals surface area contributed by atoms with Gasteiger partial charge in [-0.15, -0.1) is 0 Å². The van der Waals surface area contributed by atoms with Crippen molar-refractivity contribution in [2.24, 2.45) is 17.3 Å². The van der Waals surface area contributed by atoms with Crippen molar-refractivity contribution in [2.45, 2.75) is 26.7 Å². The van der Waals surface area contributed by atoms with E-state index >= 15 is 0 Å². The van der Waals surface area contributed by atoms with Crippen LogP contribution in [0, 0.1) is 17.3 Å². The summed E-state index contributed by atoms with van der Waals surface area (Å²) in [5.41, 5.74) is 1.48. The van der Waals surface area contributed by atoms with Crippen LogP contribution in [0.5, 0.6) is 0 Å². The SMILES string of the molecule is C=C(C)[C@]12CC(=O)[C@H](C)C1C2. The number of hydrogen-bond donors (Lipinski definition) is 0. The van der Waals surface area contributed by atoms with E-state index in [1.165, 1.54) is 12.0 Å². The zero-order valence-electron chi connectivity index (χ0n) is 7.18. The first-order valence-electron chi connectivity index (χ1n) is 4.26. The monoisotopic (exact) mass is 150 g/mol. The summed E-state index contributed by atoms with van der Waals surface area (Å²) < 4.78 is 0. The summed E-state index contributed by atoms with van der Waals surface area (Å²) in [6, 6.07) is 0. The Morgan fingerprint density at radius 1 is 1.73 bits per heavy atom. The van der Waals surface area contributed by atoms with Crippen molar-refractivity contribution in [3.05, 3.63) is 12.2 Å². The first-order chi connectivity index (χ1) is 5.08. The minimum atomic E-state index is 0.260. The number of ketones is 1. The van der Waals surface area contributed by atoms with Gasteiger partial charge in [0.15, 0.2) is 0 Å². The first-order valence-corrected chi connectivity index (χ1v) is 4.26. The molecule has 1 unspecified atom stereocenters. The van der Waals surface area contributed by atoms with E-state index in [1.54, 1.807) is 0 Å². The topological polar surface area (TPSA) is 17.1 Å².